The van der Waals surface area contributed by atoms with Crippen molar-refractivity contribution in [2.75, 3.05) is 19.7 Å². The molecule has 21 heavy (non-hydrogen) atoms. The first kappa shape index (κ1) is 15.6. The topological polar surface area (TPSA) is 40.5 Å². The molecule has 1 heterocycles. The Morgan fingerprint density at radius 2 is 1.86 bits per heavy atom. The van der Waals surface area contributed by atoms with Gasteiger partial charge in [0.2, 0.25) is 0 Å². The molecule has 0 aliphatic carbocycles. The van der Waals surface area contributed by atoms with Gasteiger partial charge >= 0.3 is 0 Å². The summed E-state index contributed by atoms with van der Waals surface area (Å²) >= 11 is 0. The molecule has 1 amide bonds. The van der Waals surface area contributed by atoms with Crippen molar-refractivity contribution in [3.8, 4) is 11.8 Å². The summed E-state index contributed by atoms with van der Waals surface area (Å²) < 4.78 is 0. The van der Waals surface area contributed by atoms with Crippen LogP contribution in [0.25, 0.3) is 0 Å². The number of benzene rings is 1. The van der Waals surface area contributed by atoms with Crippen LogP contribution in [0.2, 0.25) is 0 Å². The maximum absolute atomic E-state index is 12.5. The van der Waals surface area contributed by atoms with Crippen LogP contribution in [-0.2, 0) is 0 Å². The van der Waals surface area contributed by atoms with Crippen LogP contribution >= 0.6 is 0 Å². The summed E-state index contributed by atoms with van der Waals surface area (Å²) in [4.78, 5) is 14.5. The van der Waals surface area contributed by atoms with Gasteiger partial charge in [-0.15, -0.1) is 0 Å². The number of likely N-dealkylation sites (tertiary alicyclic amines) is 1. The fraction of sp³-hybridized carbons (Fsp3) is 0.500. The molecule has 1 saturated heterocycles. The van der Waals surface area contributed by atoms with Crippen molar-refractivity contribution in [2.45, 2.75) is 26.7 Å². The monoisotopic (exact) mass is 285 g/mol. The molecule has 1 aliphatic heterocycles. The summed E-state index contributed by atoms with van der Waals surface area (Å²) in [6.07, 6.45) is 1.67. The number of aliphatic hydroxyl groups is 1. The minimum absolute atomic E-state index is 0.0783. The molecular weight excluding hydrogens is 262 g/mol. The van der Waals surface area contributed by atoms with Crippen LogP contribution < -0.4 is 0 Å². The number of piperidine rings is 1. The van der Waals surface area contributed by atoms with Crippen LogP contribution in [0.3, 0.4) is 0 Å². The molecule has 1 aromatic rings. The van der Waals surface area contributed by atoms with Crippen molar-refractivity contribution in [1.82, 2.24) is 4.90 Å². The third kappa shape index (κ3) is 4.34. The summed E-state index contributed by atoms with van der Waals surface area (Å²) in [7, 11) is 0. The molecule has 0 radical (unpaired) electrons. The Balaban J connectivity index is 2.04. The van der Waals surface area contributed by atoms with E-state index in [1.165, 1.54) is 6.42 Å². The van der Waals surface area contributed by atoms with Gasteiger partial charge in [0.1, 0.15) is 0 Å². The van der Waals surface area contributed by atoms with Gasteiger partial charge < -0.3 is 10.0 Å². The minimum atomic E-state index is 0.0783. The van der Waals surface area contributed by atoms with Crippen LogP contribution in [0.1, 0.15) is 42.6 Å². The largest absolute Gasteiger partial charge is 0.395 e. The second-order valence-corrected chi connectivity index (χ2v) is 6.01. The number of amides is 1. The zero-order valence-electron chi connectivity index (χ0n) is 12.8. The molecule has 1 aliphatic rings. The highest BCUT2D eigenvalue weighted by atomic mass is 16.2. The molecule has 2 rings (SSSR count). The highest BCUT2D eigenvalue weighted by molar-refractivity contribution is 5.94. The van der Waals surface area contributed by atoms with Gasteiger partial charge in [0.05, 0.1) is 6.61 Å². The van der Waals surface area contributed by atoms with E-state index in [0.717, 1.165) is 24.2 Å². The average Bonchev–Trinajstić information content (AvgIpc) is 2.46. The first-order valence-electron chi connectivity index (χ1n) is 7.59. The van der Waals surface area contributed by atoms with E-state index >= 15 is 0 Å². The van der Waals surface area contributed by atoms with E-state index in [4.69, 9.17) is 5.11 Å². The van der Waals surface area contributed by atoms with E-state index in [1.54, 1.807) is 0 Å². The number of rotatable bonds is 2. The first-order chi connectivity index (χ1) is 10.1. The van der Waals surface area contributed by atoms with Crippen LogP contribution in [0, 0.1) is 23.7 Å². The fourth-order valence-electron chi connectivity index (χ4n) is 2.93. The summed E-state index contributed by atoms with van der Waals surface area (Å²) in [6.45, 7) is 6.18. The second kappa shape index (κ2) is 7.28. The quantitative estimate of drug-likeness (QED) is 0.848. The Morgan fingerprint density at radius 3 is 2.43 bits per heavy atom. The number of hydrogen-bond acceptors (Lipinski definition) is 2. The highest BCUT2D eigenvalue weighted by Gasteiger charge is 2.25. The van der Waals surface area contributed by atoms with Gasteiger partial charge in [0.25, 0.3) is 5.91 Å². The first-order valence-corrected chi connectivity index (χ1v) is 7.59. The molecule has 1 fully saturated rings. The van der Waals surface area contributed by atoms with Gasteiger partial charge in [-0.05, 0) is 42.5 Å². The number of carbonyl (C=O) groups is 1. The van der Waals surface area contributed by atoms with Crippen LogP contribution in [0.15, 0.2) is 24.3 Å². The third-order valence-corrected chi connectivity index (χ3v) is 3.76. The highest BCUT2D eigenvalue weighted by Crippen LogP contribution is 2.22. The molecule has 0 spiro atoms. The van der Waals surface area contributed by atoms with E-state index in [2.05, 4.69) is 25.7 Å². The molecule has 112 valence electrons. The van der Waals surface area contributed by atoms with Crippen LogP contribution in [0.4, 0.5) is 0 Å². The van der Waals surface area contributed by atoms with E-state index in [9.17, 15) is 4.79 Å². The normalized spacial score (nSPS) is 21.6. The molecule has 3 heteroatoms. The van der Waals surface area contributed by atoms with Crippen molar-refractivity contribution in [2.24, 2.45) is 11.8 Å². The lowest BCUT2D eigenvalue weighted by Crippen LogP contribution is -2.42. The molecule has 2 atom stereocenters. The molecule has 0 bridgehead atoms. The summed E-state index contributed by atoms with van der Waals surface area (Å²) in [5, 5.41) is 8.70. The zero-order valence-corrected chi connectivity index (χ0v) is 12.8. The van der Waals surface area contributed by atoms with Crippen molar-refractivity contribution in [3.63, 3.8) is 0 Å². The Labute approximate surface area is 127 Å². The summed E-state index contributed by atoms with van der Waals surface area (Å²) in [6, 6.07) is 7.42. The number of nitrogens with zero attached hydrogens (tertiary/aromatic N) is 1. The van der Waals surface area contributed by atoms with Crippen LogP contribution in [-0.4, -0.2) is 35.6 Å². The van der Waals surface area contributed by atoms with E-state index in [1.807, 2.05) is 29.2 Å². The molecule has 3 nitrogen and oxygen atoms in total. The smallest absolute Gasteiger partial charge is 0.253 e. The van der Waals surface area contributed by atoms with Crippen molar-refractivity contribution >= 4 is 5.91 Å². The summed E-state index contributed by atoms with van der Waals surface area (Å²) in [5.41, 5.74) is 1.60. The molecular formula is C18H23NO2. The lowest BCUT2D eigenvalue weighted by Gasteiger charge is -2.35. The lowest BCUT2D eigenvalue weighted by molar-refractivity contribution is 0.0623. The SMILES string of the molecule is CC1CC(C)CN(C(=O)c2ccc(C#CCCO)cc2)C1. The van der Waals surface area contributed by atoms with Crippen LogP contribution in [0.5, 0.6) is 0 Å². The van der Waals surface area contributed by atoms with Crippen molar-refractivity contribution in [3.05, 3.63) is 35.4 Å². The van der Waals surface area contributed by atoms with Crippen molar-refractivity contribution < 1.29 is 9.90 Å². The Hall–Kier alpha value is -1.79. The molecule has 1 N–H and O–H groups in total. The number of hydrogen-bond donors (Lipinski definition) is 1. The average molecular weight is 285 g/mol. The predicted octanol–water partition coefficient (Wildman–Crippen LogP) is 2.54. The van der Waals surface area contributed by atoms with Gasteiger partial charge in [-0.3, -0.25) is 4.79 Å². The molecule has 1 aromatic carbocycles. The molecule has 0 saturated carbocycles. The second-order valence-electron chi connectivity index (χ2n) is 6.01. The standard InChI is InChI=1S/C18H23NO2/c1-14-11-15(2)13-19(12-14)18(21)17-8-6-16(7-9-17)5-3-4-10-20/h6-9,14-15,20H,4,10-13H2,1-2H3. The maximum Gasteiger partial charge on any atom is 0.253 e. The van der Waals surface area contributed by atoms with Gasteiger partial charge in [-0.1, -0.05) is 25.7 Å². The van der Waals surface area contributed by atoms with Gasteiger partial charge in [-0.25, -0.2) is 0 Å². The van der Waals surface area contributed by atoms with E-state index in [0.29, 0.717) is 18.3 Å². The molecule has 2 unspecified atom stereocenters. The predicted molar refractivity (Wildman–Crippen MR) is 83.9 cm³/mol. The molecule has 0 aromatic heterocycles. The van der Waals surface area contributed by atoms with Crippen molar-refractivity contribution in [1.29, 1.82) is 0 Å². The van der Waals surface area contributed by atoms with Gasteiger partial charge in [0.15, 0.2) is 0 Å². The lowest BCUT2D eigenvalue weighted by atomic mass is 9.91. The van der Waals surface area contributed by atoms with Gasteiger partial charge in [-0.2, -0.15) is 0 Å². The van der Waals surface area contributed by atoms with E-state index < -0.39 is 0 Å². The fourth-order valence-corrected chi connectivity index (χ4v) is 2.93. The minimum Gasteiger partial charge on any atom is -0.395 e. The number of aliphatic hydroxyl groups excluding tert-OH is 1. The number of carbonyl (C=O) groups excluding carboxylic acids is 1. The third-order valence-electron chi connectivity index (χ3n) is 3.76. The zero-order chi connectivity index (χ0) is 15.2. The Bertz CT molecular complexity index is 529. The maximum atomic E-state index is 12.5. The Kier molecular flexibility index (Phi) is 5.41. The van der Waals surface area contributed by atoms with E-state index in [-0.39, 0.29) is 12.5 Å². The Morgan fingerprint density at radius 1 is 1.24 bits per heavy atom. The summed E-state index contributed by atoms with van der Waals surface area (Å²) in [5.74, 6) is 7.11. The van der Waals surface area contributed by atoms with Gasteiger partial charge in [0, 0.05) is 30.6 Å².